The summed E-state index contributed by atoms with van der Waals surface area (Å²) in [5, 5.41) is 0. The molecule has 7 heteroatoms. The maximum atomic E-state index is 12.7. The van der Waals surface area contributed by atoms with E-state index in [1.807, 2.05) is 25.9 Å². The Hall–Kier alpha value is -1.31. The van der Waals surface area contributed by atoms with Gasteiger partial charge in [-0.2, -0.15) is 4.31 Å². The molecule has 1 rings (SSSR count). The van der Waals surface area contributed by atoms with E-state index in [9.17, 15) is 8.42 Å². The molecule has 6 nitrogen and oxygen atoms in total. The Morgan fingerprint density at radius 1 is 1.05 bits per heavy atom. The number of methoxy groups -OCH3 is 2. The van der Waals surface area contributed by atoms with E-state index in [0.29, 0.717) is 31.1 Å². The van der Waals surface area contributed by atoms with Crippen molar-refractivity contribution in [3.05, 3.63) is 18.2 Å². The highest BCUT2D eigenvalue weighted by Crippen LogP contribution is 2.30. The average Bonchev–Trinajstić information content (AvgIpc) is 2.46. The maximum Gasteiger partial charge on any atom is 0.243 e. The molecule has 0 saturated carbocycles. The summed E-state index contributed by atoms with van der Waals surface area (Å²) in [5.41, 5.74) is 0. The van der Waals surface area contributed by atoms with E-state index < -0.39 is 10.0 Å². The average molecular weight is 316 g/mol. The first-order valence-electron chi connectivity index (χ1n) is 6.73. The molecule has 0 atom stereocenters. The van der Waals surface area contributed by atoms with Crippen LogP contribution in [0.4, 0.5) is 0 Å². The zero-order chi connectivity index (χ0) is 16.0. The molecule has 0 fully saturated rings. The molecule has 0 bridgehead atoms. The van der Waals surface area contributed by atoms with Crippen LogP contribution in [-0.2, 0) is 10.0 Å². The van der Waals surface area contributed by atoms with Crippen LogP contribution in [0.15, 0.2) is 23.1 Å². The summed E-state index contributed by atoms with van der Waals surface area (Å²) in [6.45, 7) is 3.36. The predicted octanol–water partition coefficient (Wildman–Crippen LogP) is 1.28. The van der Waals surface area contributed by atoms with Crippen molar-refractivity contribution in [2.45, 2.75) is 11.8 Å². The Balaban J connectivity index is 3.10. The van der Waals surface area contributed by atoms with Crippen LogP contribution in [0.25, 0.3) is 0 Å². The zero-order valence-corrected chi connectivity index (χ0v) is 14.1. The Morgan fingerprint density at radius 3 is 2.14 bits per heavy atom. The summed E-state index contributed by atoms with van der Waals surface area (Å²) in [4.78, 5) is 2.16. The molecule has 0 heterocycles. The molecule has 1 aromatic rings. The van der Waals surface area contributed by atoms with Crippen molar-refractivity contribution in [2.24, 2.45) is 0 Å². The fourth-order valence-electron chi connectivity index (χ4n) is 1.89. The third-order valence-corrected chi connectivity index (χ3v) is 5.11. The highest BCUT2D eigenvalue weighted by molar-refractivity contribution is 7.89. The SMILES string of the molecule is CCN(CCN(C)C)S(=O)(=O)c1ccc(OC)c(OC)c1. The van der Waals surface area contributed by atoms with Gasteiger partial charge in [-0.15, -0.1) is 0 Å². The smallest absolute Gasteiger partial charge is 0.243 e. The lowest BCUT2D eigenvalue weighted by atomic mass is 10.3. The summed E-state index contributed by atoms with van der Waals surface area (Å²) in [6, 6.07) is 4.63. The number of hydrogen-bond acceptors (Lipinski definition) is 5. The standard InChI is InChI=1S/C14H24N2O4S/c1-6-16(10-9-15(2)3)21(17,18)12-7-8-13(19-4)14(11-12)20-5/h7-8,11H,6,9-10H2,1-5H3. The fraction of sp³-hybridized carbons (Fsp3) is 0.571. The molecule has 0 saturated heterocycles. The lowest BCUT2D eigenvalue weighted by Gasteiger charge is -2.22. The molecule has 0 amide bonds. The van der Waals surface area contributed by atoms with E-state index >= 15 is 0 Å². The Labute approximate surface area is 127 Å². The molecular weight excluding hydrogens is 292 g/mol. The Kier molecular flexibility index (Phi) is 6.44. The topological polar surface area (TPSA) is 59.1 Å². The molecule has 0 unspecified atom stereocenters. The van der Waals surface area contributed by atoms with Crippen molar-refractivity contribution in [1.29, 1.82) is 0 Å². The van der Waals surface area contributed by atoms with Crippen LogP contribution in [0.3, 0.4) is 0 Å². The van der Waals surface area contributed by atoms with Crippen LogP contribution < -0.4 is 9.47 Å². The summed E-state index contributed by atoms with van der Waals surface area (Å²) in [6.07, 6.45) is 0. The van der Waals surface area contributed by atoms with Crippen LogP contribution in [0.5, 0.6) is 11.5 Å². The second kappa shape index (κ2) is 7.63. The lowest BCUT2D eigenvalue weighted by molar-refractivity contribution is 0.339. The van der Waals surface area contributed by atoms with Crippen molar-refractivity contribution in [2.75, 3.05) is 47.9 Å². The summed E-state index contributed by atoms with van der Waals surface area (Å²) >= 11 is 0. The van der Waals surface area contributed by atoms with E-state index in [0.717, 1.165) is 0 Å². The largest absolute Gasteiger partial charge is 0.493 e. The molecule has 0 aromatic heterocycles. The van der Waals surface area contributed by atoms with Gasteiger partial charge in [0.05, 0.1) is 19.1 Å². The van der Waals surface area contributed by atoms with Crippen molar-refractivity contribution < 1.29 is 17.9 Å². The highest BCUT2D eigenvalue weighted by Gasteiger charge is 2.24. The molecule has 120 valence electrons. The number of benzene rings is 1. The van der Waals surface area contributed by atoms with Gasteiger partial charge in [0.1, 0.15) is 0 Å². The first-order valence-corrected chi connectivity index (χ1v) is 8.17. The Morgan fingerprint density at radius 2 is 1.67 bits per heavy atom. The minimum atomic E-state index is -3.53. The molecule has 0 aliphatic heterocycles. The van der Waals surface area contributed by atoms with E-state index in [2.05, 4.69) is 0 Å². The molecule has 0 aliphatic carbocycles. The number of likely N-dealkylation sites (N-methyl/N-ethyl adjacent to an activating group) is 2. The number of sulfonamides is 1. The molecule has 0 N–H and O–H groups in total. The minimum Gasteiger partial charge on any atom is -0.493 e. The van der Waals surface area contributed by atoms with Gasteiger partial charge in [-0.3, -0.25) is 0 Å². The highest BCUT2D eigenvalue weighted by atomic mass is 32.2. The van der Waals surface area contributed by atoms with Gasteiger partial charge in [0.2, 0.25) is 10.0 Å². The lowest BCUT2D eigenvalue weighted by Crippen LogP contribution is -2.36. The zero-order valence-electron chi connectivity index (χ0n) is 13.3. The van der Waals surface area contributed by atoms with Gasteiger partial charge in [-0.1, -0.05) is 6.92 Å². The maximum absolute atomic E-state index is 12.7. The molecule has 0 spiro atoms. The Bertz CT molecular complexity index is 558. The molecule has 0 radical (unpaired) electrons. The normalized spacial score (nSPS) is 12.0. The fourth-order valence-corrected chi connectivity index (χ4v) is 3.34. The van der Waals surface area contributed by atoms with Crippen molar-refractivity contribution in [3.63, 3.8) is 0 Å². The second-order valence-corrected chi connectivity index (χ2v) is 6.75. The van der Waals surface area contributed by atoms with Gasteiger partial charge in [0.15, 0.2) is 11.5 Å². The van der Waals surface area contributed by atoms with Crippen LogP contribution in [-0.4, -0.2) is 65.6 Å². The second-order valence-electron chi connectivity index (χ2n) is 4.82. The molecule has 1 aromatic carbocycles. The van der Waals surface area contributed by atoms with Crippen molar-refractivity contribution >= 4 is 10.0 Å². The predicted molar refractivity (Wildman–Crippen MR) is 82.5 cm³/mol. The third kappa shape index (κ3) is 4.33. The van der Waals surface area contributed by atoms with Crippen molar-refractivity contribution in [1.82, 2.24) is 9.21 Å². The van der Waals surface area contributed by atoms with Gasteiger partial charge in [-0.05, 0) is 26.2 Å². The van der Waals surface area contributed by atoms with Gasteiger partial charge in [0.25, 0.3) is 0 Å². The van der Waals surface area contributed by atoms with Crippen LogP contribution in [0.2, 0.25) is 0 Å². The molecule has 0 aliphatic rings. The van der Waals surface area contributed by atoms with Gasteiger partial charge in [-0.25, -0.2) is 8.42 Å². The van der Waals surface area contributed by atoms with Gasteiger partial charge < -0.3 is 14.4 Å². The number of nitrogens with zero attached hydrogens (tertiary/aromatic N) is 2. The molecular formula is C14H24N2O4S. The minimum absolute atomic E-state index is 0.209. The summed E-state index contributed by atoms with van der Waals surface area (Å²) in [5.74, 6) is 0.912. The van der Waals surface area contributed by atoms with Crippen LogP contribution in [0, 0.1) is 0 Å². The van der Waals surface area contributed by atoms with Crippen molar-refractivity contribution in [3.8, 4) is 11.5 Å². The van der Waals surface area contributed by atoms with E-state index in [1.165, 1.54) is 30.7 Å². The quantitative estimate of drug-likeness (QED) is 0.723. The molecule has 21 heavy (non-hydrogen) atoms. The first kappa shape index (κ1) is 17.7. The summed E-state index contributed by atoms with van der Waals surface area (Å²) < 4.78 is 37.1. The monoisotopic (exact) mass is 316 g/mol. The van der Waals surface area contributed by atoms with Crippen LogP contribution in [0.1, 0.15) is 6.92 Å². The van der Waals surface area contributed by atoms with E-state index in [-0.39, 0.29) is 4.90 Å². The van der Waals surface area contributed by atoms with Crippen LogP contribution >= 0.6 is 0 Å². The summed E-state index contributed by atoms with van der Waals surface area (Å²) in [7, 11) is 3.29. The number of rotatable bonds is 8. The number of hydrogen-bond donors (Lipinski definition) is 0. The van der Waals surface area contributed by atoms with Gasteiger partial charge >= 0.3 is 0 Å². The number of ether oxygens (including phenoxy) is 2. The van der Waals surface area contributed by atoms with E-state index in [1.54, 1.807) is 6.07 Å². The van der Waals surface area contributed by atoms with Gasteiger partial charge in [0, 0.05) is 25.7 Å². The third-order valence-electron chi connectivity index (χ3n) is 3.14. The first-order chi connectivity index (χ1) is 9.86. The van der Waals surface area contributed by atoms with E-state index in [4.69, 9.17) is 9.47 Å².